The molecule has 1 fully saturated rings. The standard InChI is InChI=1S/C22H25NO3.BrH/c24-22(17-6-2-1-3-7-17)18-10-13-23(14-11-18)15-12-19-16-25-20-8-4-5-9-21(20)26-19;/h1-9,18-19H,10-16H2;1H. The monoisotopic (exact) mass is 431 g/mol. The summed E-state index contributed by atoms with van der Waals surface area (Å²) >= 11 is 0. The zero-order valence-corrected chi connectivity index (χ0v) is 17.1. The maximum Gasteiger partial charge on any atom is 0.166 e. The topological polar surface area (TPSA) is 38.8 Å². The number of carbonyl (C=O) groups excluding carboxylic acids is 1. The van der Waals surface area contributed by atoms with Crippen molar-refractivity contribution in [2.24, 2.45) is 5.92 Å². The van der Waals surface area contributed by atoms with Gasteiger partial charge in [0.15, 0.2) is 17.3 Å². The lowest BCUT2D eigenvalue weighted by Gasteiger charge is -2.33. The Labute approximate surface area is 171 Å². The van der Waals surface area contributed by atoms with Crippen molar-refractivity contribution in [2.75, 3.05) is 26.2 Å². The summed E-state index contributed by atoms with van der Waals surface area (Å²) in [6.45, 7) is 3.56. The molecule has 0 aromatic heterocycles. The van der Waals surface area contributed by atoms with Gasteiger partial charge in [0.2, 0.25) is 0 Å². The first-order valence-electron chi connectivity index (χ1n) is 9.50. The summed E-state index contributed by atoms with van der Waals surface area (Å²) in [5.41, 5.74) is 0.845. The summed E-state index contributed by atoms with van der Waals surface area (Å²) in [6.07, 6.45) is 2.94. The van der Waals surface area contributed by atoms with E-state index in [0.717, 1.165) is 56.0 Å². The molecule has 0 spiro atoms. The Morgan fingerprint density at radius 3 is 2.37 bits per heavy atom. The van der Waals surface area contributed by atoms with Gasteiger partial charge >= 0.3 is 0 Å². The number of likely N-dealkylation sites (tertiary alicyclic amines) is 1. The fourth-order valence-electron chi connectivity index (χ4n) is 3.79. The Morgan fingerprint density at radius 1 is 0.963 bits per heavy atom. The van der Waals surface area contributed by atoms with Crippen LogP contribution in [-0.2, 0) is 0 Å². The van der Waals surface area contributed by atoms with Crippen LogP contribution < -0.4 is 9.47 Å². The van der Waals surface area contributed by atoms with E-state index in [-0.39, 0.29) is 29.0 Å². The summed E-state index contributed by atoms with van der Waals surface area (Å²) in [5.74, 6) is 2.14. The molecule has 1 atom stereocenters. The molecule has 0 amide bonds. The number of nitrogens with zero attached hydrogens (tertiary/aromatic N) is 1. The fraction of sp³-hybridized carbons (Fsp3) is 0.409. The van der Waals surface area contributed by atoms with Crippen LogP contribution in [0.4, 0.5) is 0 Å². The highest BCUT2D eigenvalue weighted by atomic mass is 79.9. The van der Waals surface area contributed by atoms with Crippen molar-refractivity contribution in [3.05, 3.63) is 60.2 Å². The first kappa shape index (κ1) is 19.9. The molecule has 0 aliphatic carbocycles. The molecule has 27 heavy (non-hydrogen) atoms. The van der Waals surface area contributed by atoms with Crippen molar-refractivity contribution < 1.29 is 14.3 Å². The first-order chi connectivity index (χ1) is 12.8. The number of ether oxygens (including phenoxy) is 2. The molecule has 1 unspecified atom stereocenters. The van der Waals surface area contributed by atoms with E-state index in [1.165, 1.54) is 0 Å². The molecule has 4 rings (SSSR count). The fourth-order valence-corrected chi connectivity index (χ4v) is 3.79. The van der Waals surface area contributed by atoms with Crippen LogP contribution in [0.15, 0.2) is 54.6 Å². The molecule has 0 bridgehead atoms. The van der Waals surface area contributed by atoms with Crippen molar-refractivity contribution in [1.82, 2.24) is 4.90 Å². The van der Waals surface area contributed by atoms with Crippen LogP contribution >= 0.6 is 17.0 Å². The van der Waals surface area contributed by atoms with Crippen LogP contribution in [0.1, 0.15) is 29.6 Å². The lowest BCUT2D eigenvalue weighted by atomic mass is 9.89. The maximum atomic E-state index is 12.6. The highest BCUT2D eigenvalue weighted by Gasteiger charge is 2.27. The van der Waals surface area contributed by atoms with E-state index in [2.05, 4.69) is 4.90 Å². The highest BCUT2D eigenvalue weighted by molar-refractivity contribution is 8.93. The maximum absolute atomic E-state index is 12.6. The Balaban J connectivity index is 0.00000210. The molecule has 1 saturated heterocycles. The molecule has 2 aliphatic heterocycles. The zero-order chi connectivity index (χ0) is 17.8. The summed E-state index contributed by atoms with van der Waals surface area (Å²) in [6, 6.07) is 17.5. The second-order valence-electron chi connectivity index (χ2n) is 7.13. The van der Waals surface area contributed by atoms with Gasteiger partial charge in [-0.3, -0.25) is 4.79 Å². The molecule has 2 aromatic carbocycles. The van der Waals surface area contributed by atoms with Crippen LogP contribution in [0.3, 0.4) is 0 Å². The lowest BCUT2D eigenvalue weighted by molar-refractivity contribution is 0.0666. The van der Waals surface area contributed by atoms with Gasteiger partial charge in [-0.2, -0.15) is 0 Å². The molecule has 4 nitrogen and oxygen atoms in total. The average Bonchev–Trinajstić information content (AvgIpc) is 2.72. The molecule has 0 N–H and O–H groups in total. The summed E-state index contributed by atoms with van der Waals surface area (Å²) in [5, 5.41) is 0. The van der Waals surface area contributed by atoms with E-state index < -0.39 is 0 Å². The third-order valence-corrected chi connectivity index (χ3v) is 5.35. The van der Waals surface area contributed by atoms with E-state index in [1.807, 2.05) is 54.6 Å². The number of benzene rings is 2. The van der Waals surface area contributed by atoms with E-state index >= 15 is 0 Å². The number of hydrogen-bond acceptors (Lipinski definition) is 4. The molecular formula is C22H26BrNO3. The molecule has 2 aliphatic rings. The largest absolute Gasteiger partial charge is 0.486 e. The second-order valence-corrected chi connectivity index (χ2v) is 7.13. The summed E-state index contributed by atoms with van der Waals surface area (Å²) in [4.78, 5) is 15.0. The molecule has 2 heterocycles. The van der Waals surface area contributed by atoms with Gasteiger partial charge in [-0.05, 0) is 38.1 Å². The lowest BCUT2D eigenvalue weighted by Crippen LogP contribution is -2.39. The van der Waals surface area contributed by atoms with Gasteiger partial charge in [0.05, 0.1) is 0 Å². The van der Waals surface area contributed by atoms with Gasteiger partial charge in [-0.1, -0.05) is 42.5 Å². The Morgan fingerprint density at radius 2 is 1.63 bits per heavy atom. The minimum absolute atomic E-state index is 0. The van der Waals surface area contributed by atoms with Crippen molar-refractivity contribution in [3.8, 4) is 11.5 Å². The Kier molecular flexibility index (Phi) is 6.91. The smallest absolute Gasteiger partial charge is 0.166 e. The van der Waals surface area contributed by atoms with Crippen molar-refractivity contribution in [2.45, 2.75) is 25.4 Å². The van der Waals surface area contributed by atoms with E-state index in [0.29, 0.717) is 12.4 Å². The van der Waals surface area contributed by atoms with Gasteiger partial charge in [0.1, 0.15) is 12.7 Å². The Bertz CT molecular complexity index is 744. The van der Waals surface area contributed by atoms with Crippen molar-refractivity contribution in [1.29, 1.82) is 0 Å². The summed E-state index contributed by atoms with van der Waals surface area (Å²) in [7, 11) is 0. The predicted molar refractivity (Wildman–Crippen MR) is 111 cm³/mol. The van der Waals surface area contributed by atoms with E-state index in [9.17, 15) is 4.79 Å². The Hall–Kier alpha value is -1.85. The van der Waals surface area contributed by atoms with Crippen LogP contribution in [0.25, 0.3) is 0 Å². The van der Waals surface area contributed by atoms with Crippen LogP contribution in [0.5, 0.6) is 11.5 Å². The number of halogens is 1. The number of carbonyl (C=O) groups is 1. The predicted octanol–water partition coefficient (Wildman–Crippen LogP) is 4.39. The second kappa shape index (κ2) is 9.38. The average molecular weight is 432 g/mol. The molecule has 144 valence electrons. The highest BCUT2D eigenvalue weighted by Crippen LogP contribution is 2.31. The molecule has 0 radical (unpaired) electrons. The van der Waals surface area contributed by atoms with Gasteiger partial charge in [-0.25, -0.2) is 0 Å². The third kappa shape index (κ3) is 4.90. The minimum atomic E-state index is 0. The quantitative estimate of drug-likeness (QED) is 0.657. The van der Waals surface area contributed by atoms with Gasteiger partial charge in [0, 0.05) is 24.4 Å². The molecule has 2 aromatic rings. The number of ketones is 1. The van der Waals surface area contributed by atoms with Crippen LogP contribution in [0.2, 0.25) is 0 Å². The number of Topliss-reactive ketones (excluding diaryl/α,β-unsaturated/α-hetero) is 1. The summed E-state index contributed by atoms with van der Waals surface area (Å²) < 4.78 is 11.8. The van der Waals surface area contributed by atoms with Crippen molar-refractivity contribution in [3.63, 3.8) is 0 Å². The van der Waals surface area contributed by atoms with Crippen LogP contribution in [-0.4, -0.2) is 43.0 Å². The molecule has 5 heteroatoms. The number of piperidine rings is 1. The normalized spacial score (nSPS) is 19.9. The van der Waals surface area contributed by atoms with Gasteiger partial charge < -0.3 is 14.4 Å². The zero-order valence-electron chi connectivity index (χ0n) is 15.4. The number of hydrogen-bond donors (Lipinski definition) is 0. The van der Waals surface area contributed by atoms with Gasteiger partial charge in [-0.15, -0.1) is 17.0 Å². The number of rotatable bonds is 5. The van der Waals surface area contributed by atoms with Gasteiger partial charge in [0.25, 0.3) is 0 Å². The molecular weight excluding hydrogens is 406 g/mol. The molecule has 0 saturated carbocycles. The number of fused-ring (bicyclic) bond motifs is 1. The van der Waals surface area contributed by atoms with E-state index in [4.69, 9.17) is 9.47 Å². The van der Waals surface area contributed by atoms with Crippen molar-refractivity contribution >= 4 is 22.8 Å². The SMILES string of the molecule is Br.O=C(c1ccccc1)C1CCN(CCC2COc3ccccc3O2)CC1. The number of para-hydroxylation sites is 2. The first-order valence-corrected chi connectivity index (χ1v) is 9.50. The van der Waals surface area contributed by atoms with E-state index in [1.54, 1.807) is 0 Å². The third-order valence-electron chi connectivity index (χ3n) is 5.35. The minimum Gasteiger partial charge on any atom is -0.486 e. The van der Waals surface area contributed by atoms with Crippen LogP contribution in [0, 0.1) is 5.92 Å².